The van der Waals surface area contributed by atoms with Crippen LogP contribution >= 0.6 is 0 Å². The second-order valence-corrected chi connectivity index (χ2v) is 8.38. The summed E-state index contributed by atoms with van der Waals surface area (Å²) in [5.74, 6) is -5.44. The fourth-order valence-electron chi connectivity index (χ4n) is 3.28. The topological polar surface area (TPSA) is 273 Å². The molecule has 0 aliphatic heterocycles. The minimum Gasteiger partial charge on any atom is -0.481 e. The minimum absolute atomic E-state index is 0.0442. The zero-order chi connectivity index (χ0) is 28.7. The van der Waals surface area contributed by atoms with E-state index in [1.54, 1.807) is 24.3 Å². The Bertz CT molecular complexity index is 985. The summed E-state index contributed by atoms with van der Waals surface area (Å²) < 4.78 is 0. The summed E-state index contributed by atoms with van der Waals surface area (Å²) in [7, 11) is 0. The number of rotatable bonds is 17. The number of carboxylic acid groups (broad SMARTS) is 2. The van der Waals surface area contributed by atoms with Crippen molar-refractivity contribution in [3.05, 3.63) is 35.9 Å². The Morgan fingerprint density at radius 3 is 1.97 bits per heavy atom. The van der Waals surface area contributed by atoms with E-state index in [4.69, 9.17) is 22.3 Å². The molecule has 38 heavy (non-hydrogen) atoms. The lowest BCUT2D eigenvalue weighted by Gasteiger charge is -2.24. The van der Waals surface area contributed by atoms with Gasteiger partial charge in [0.05, 0.1) is 12.6 Å². The van der Waals surface area contributed by atoms with Crippen molar-refractivity contribution in [3.63, 3.8) is 0 Å². The molecule has 15 nitrogen and oxygen atoms in total. The summed E-state index contributed by atoms with van der Waals surface area (Å²) in [6.07, 6.45) is -0.436. The molecule has 15 heteroatoms. The zero-order valence-electron chi connectivity index (χ0n) is 20.7. The summed E-state index contributed by atoms with van der Waals surface area (Å²) in [6.45, 7) is -0.753. The first-order chi connectivity index (χ1) is 17.9. The lowest BCUT2D eigenvalue weighted by molar-refractivity contribution is -0.143. The number of hydrogen-bond donors (Lipinski definition) is 9. The second kappa shape index (κ2) is 16.5. The number of guanidine groups is 1. The van der Waals surface area contributed by atoms with E-state index in [0.717, 1.165) is 5.56 Å². The molecule has 1 aromatic rings. The number of benzene rings is 1. The van der Waals surface area contributed by atoms with Gasteiger partial charge in [-0.1, -0.05) is 30.3 Å². The van der Waals surface area contributed by atoms with Crippen LogP contribution in [0.3, 0.4) is 0 Å². The quantitative estimate of drug-likeness (QED) is 0.0548. The van der Waals surface area contributed by atoms with E-state index in [1.165, 1.54) is 0 Å². The molecule has 0 spiro atoms. The smallest absolute Gasteiger partial charge is 0.326 e. The fourth-order valence-corrected chi connectivity index (χ4v) is 3.28. The first-order valence-corrected chi connectivity index (χ1v) is 11.8. The Hall–Kier alpha value is -4.24. The highest BCUT2D eigenvalue weighted by molar-refractivity contribution is 5.94. The first kappa shape index (κ1) is 31.8. The van der Waals surface area contributed by atoms with Crippen LogP contribution in [0.25, 0.3) is 0 Å². The molecule has 210 valence electrons. The van der Waals surface area contributed by atoms with Gasteiger partial charge in [-0.05, 0) is 31.2 Å². The van der Waals surface area contributed by atoms with Crippen LogP contribution in [0, 0.1) is 0 Å². The summed E-state index contributed by atoms with van der Waals surface area (Å²) in [6, 6.07) is 3.64. The summed E-state index contributed by atoms with van der Waals surface area (Å²) >= 11 is 0. The molecule has 1 aromatic carbocycles. The molecular weight excluding hydrogens is 502 g/mol. The molecule has 0 heterocycles. The Kier molecular flexibility index (Phi) is 13.8. The van der Waals surface area contributed by atoms with Gasteiger partial charge in [0, 0.05) is 13.0 Å². The average Bonchev–Trinajstić information content (AvgIpc) is 2.86. The molecule has 0 aromatic heterocycles. The number of aliphatic hydroxyl groups excluding tert-OH is 1. The molecule has 4 atom stereocenters. The normalized spacial score (nSPS) is 13.7. The predicted molar refractivity (Wildman–Crippen MR) is 135 cm³/mol. The van der Waals surface area contributed by atoms with Gasteiger partial charge in [0.1, 0.15) is 18.1 Å². The number of aliphatic hydroxyl groups is 1. The molecule has 12 N–H and O–H groups in total. The number of carboxylic acids is 2. The van der Waals surface area contributed by atoms with Crippen molar-refractivity contribution in [2.75, 3.05) is 13.2 Å². The first-order valence-electron chi connectivity index (χ1n) is 11.8. The predicted octanol–water partition coefficient (Wildman–Crippen LogP) is -2.99. The van der Waals surface area contributed by atoms with E-state index >= 15 is 0 Å². The number of carbonyl (C=O) groups excluding carboxylic acids is 3. The van der Waals surface area contributed by atoms with E-state index < -0.39 is 73.3 Å². The monoisotopic (exact) mass is 537 g/mol. The van der Waals surface area contributed by atoms with Gasteiger partial charge in [-0.3, -0.25) is 24.2 Å². The number of carbonyl (C=O) groups is 5. The molecule has 0 fully saturated rings. The SMILES string of the molecule is NC(N)=NCCCC(NC(=O)C(N)Cc1ccccc1)C(=O)NC(CO)C(=O)NC(CCC(=O)O)C(=O)O. The van der Waals surface area contributed by atoms with Gasteiger partial charge >= 0.3 is 11.9 Å². The van der Waals surface area contributed by atoms with Crippen molar-refractivity contribution in [2.24, 2.45) is 22.2 Å². The van der Waals surface area contributed by atoms with Gasteiger partial charge in [-0.2, -0.15) is 0 Å². The molecule has 0 saturated carbocycles. The third kappa shape index (κ3) is 12.1. The van der Waals surface area contributed by atoms with Crippen molar-refractivity contribution in [3.8, 4) is 0 Å². The Morgan fingerprint density at radius 2 is 1.42 bits per heavy atom. The van der Waals surface area contributed by atoms with Crippen molar-refractivity contribution < 1.29 is 39.3 Å². The van der Waals surface area contributed by atoms with E-state index in [1.807, 2.05) is 6.07 Å². The average molecular weight is 538 g/mol. The standard InChI is InChI=1S/C23H35N7O8/c24-14(11-13-5-2-1-3-6-13)19(34)28-15(7-4-10-27-23(25)26)20(35)30-17(12-31)21(36)29-16(22(37)38)8-9-18(32)33/h1-3,5-6,14-17,31H,4,7-12,24H2,(H,28,34)(H,29,36)(H,30,35)(H,32,33)(H,37,38)(H4,25,26,27). The van der Waals surface area contributed by atoms with Crippen LogP contribution in [0.5, 0.6) is 0 Å². The van der Waals surface area contributed by atoms with Gasteiger partial charge in [-0.15, -0.1) is 0 Å². The summed E-state index contributed by atoms with van der Waals surface area (Å²) in [5.41, 5.74) is 17.4. The van der Waals surface area contributed by atoms with Gasteiger partial charge in [-0.25, -0.2) is 4.79 Å². The van der Waals surface area contributed by atoms with Gasteiger partial charge in [0.2, 0.25) is 17.7 Å². The highest BCUT2D eigenvalue weighted by atomic mass is 16.4. The van der Waals surface area contributed by atoms with Crippen LogP contribution in [0.2, 0.25) is 0 Å². The number of nitrogens with zero attached hydrogens (tertiary/aromatic N) is 1. The molecule has 1 rings (SSSR count). The van der Waals surface area contributed by atoms with Gasteiger partial charge in [0.15, 0.2) is 5.96 Å². The number of amides is 3. The summed E-state index contributed by atoms with van der Waals surface area (Å²) in [4.78, 5) is 64.1. The Labute approximate surface area is 218 Å². The maximum Gasteiger partial charge on any atom is 0.326 e. The van der Waals surface area contributed by atoms with Crippen LogP contribution in [0.15, 0.2) is 35.3 Å². The van der Waals surface area contributed by atoms with Crippen LogP contribution in [0.4, 0.5) is 0 Å². The van der Waals surface area contributed by atoms with E-state index in [2.05, 4.69) is 20.9 Å². The van der Waals surface area contributed by atoms with Crippen molar-refractivity contribution in [1.29, 1.82) is 0 Å². The lowest BCUT2D eigenvalue weighted by Crippen LogP contribution is -2.58. The molecular formula is C23H35N7O8. The molecule has 0 bridgehead atoms. The third-order valence-electron chi connectivity index (χ3n) is 5.29. The van der Waals surface area contributed by atoms with E-state index in [9.17, 15) is 34.2 Å². The zero-order valence-corrected chi connectivity index (χ0v) is 20.7. The van der Waals surface area contributed by atoms with E-state index in [-0.39, 0.29) is 31.8 Å². The van der Waals surface area contributed by atoms with Gasteiger partial charge < -0.3 is 48.5 Å². The molecule has 0 radical (unpaired) electrons. The van der Waals surface area contributed by atoms with Crippen LogP contribution < -0.4 is 33.2 Å². The van der Waals surface area contributed by atoms with Crippen LogP contribution in [0.1, 0.15) is 31.2 Å². The van der Waals surface area contributed by atoms with Crippen molar-refractivity contribution in [2.45, 2.75) is 56.3 Å². The third-order valence-corrected chi connectivity index (χ3v) is 5.29. The van der Waals surface area contributed by atoms with Gasteiger partial charge in [0.25, 0.3) is 0 Å². The van der Waals surface area contributed by atoms with Crippen LogP contribution in [-0.2, 0) is 30.4 Å². The van der Waals surface area contributed by atoms with Crippen molar-refractivity contribution in [1.82, 2.24) is 16.0 Å². The highest BCUT2D eigenvalue weighted by Gasteiger charge is 2.30. The minimum atomic E-state index is -1.58. The maximum atomic E-state index is 13.0. The molecule has 0 aliphatic rings. The largest absolute Gasteiger partial charge is 0.481 e. The number of hydrogen-bond acceptors (Lipinski definition) is 8. The van der Waals surface area contributed by atoms with E-state index in [0.29, 0.717) is 0 Å². The number of aliphatic imine (C=N–C) groups is 1. The number of nitrogens with two attached hydrogens (primary N) is 3. The Morgan fingerprint density at radius 1 is 0.842 bits per heavy atom. The molecule has 4 unspecified atom stereocenters. The molecule has 3 amide bonds. The second-order valence-electron chi connectivity index (χ2n) is 8.38. The summed E-state index contributed by atoms with van der Waals surface area (Å²) in [5, 5.41) is 34.5. The maximum absolute atomic E-state index is 13.0. The number of nitrogens with one attached hydrogen (secondary N) is 3. The molecule has 0 saturated heterocycles. The molecule has 0 aliphatic carbocycles. The van der Waals surface area contributed by atoms with Crippen molar-refractivity contribution >= 4 is 35.6 Å². The lowest BCUT2D eigenvalue weighted by atomic mass is 10.0. The van der Waals surface area contributed by atoms with Crippen LogP contribution in [-0.4, -0.2) is 88.3 Å². The highest BCUT2D eigenvalue weighted by Crippen LogP contribution is 2.05. The Balaban J connectivity index is 2.91. The number of aliphatic carboxylic acids is 2. The fraction of sp³-hybridized carbons (Fsp3) is 0.478.